The van der Waals surface area contributed by atoms with Gasteiger partial charge >= 0.3 is 12.2 Å². The fourth-order valence-electron chi connectivity index (χ4n) is 5.68. The number of rotatable bonds is 9. The highest BCUT2D eigenvalue weighted by Crippen LogP contribution is 2.54. The molecule has 1 saturated heterocycles. The van der Waals surface area contributed by atoms with Crippen LogP contribution >= 0.6 is 0 Å². The zero-order valence-corrected chi connectivity index (χ0v) is 21.7. The number of nitrogens with zero attached hydrogens (tertiary/aromatic N) is 4. The van der Waals surface area contributed by atoms with Crippen molar-refractivity contribution in [2.75, 3.05) is 6.54 Å². The second-order valence-corrected chi connectivity index (χ2v) is 11.2. The standard InChI is InChI=1S/C27H31F3N6O3/c1-14(2)36-10-9-31-23(36)24(37)34-22(21(16-4-5-16)17-6-7-17)25-32-18-11-15(3-8-19(18)39-25)12-35-13-20(27(28,29)30)33-26(35)38/h3,8-11,14,16-17,20-22H,4-7,12-13H2,1-2H3,(H,33,38)(H,34,37). The molecule has 0 spiro atoms. The minimum atomic E-state index is -4.50. The Morgan fingerprint density at radius 3 is 2.54 bits per heavy atom. The molecule has 2 N–H and O–H groups in total. The van der Waals surface area contributed by atoms with E-state index in [0.29, 0.717) is 40.2 Å². The average molecular weight is 545 g/mol. The van der Waals surface area contributed by atoms with Crippen LogP contribution in [0.1, 0.15) is 73.7 Å². The van der Waals surface area contributed by atoms with Crippen molar-refractivity contribution in [2.24, 2.45) is 17.8 Å². The summed E-state index contributed by atoms with van der Waals surface area (Å²) >= 11 is 0. The third-order valence-electron chi connectivity index (χ3n) is 7.92. The van der Waals surface area contributed by atoms with Gasteiger partial charge in [0.25, 0.3) is 5.91 Å². The zero-order chi connectivity index (χ0) is 27.5. The number of carbonyl (C=O) groups is 2. The molecule has 9 nitrogen and oxygen atoms in total. The number of oxazole rings is 1. The Bertz CT molecular complexity index is 1380. The van der Waals surface area contributed by atoms with Crippen molar-refractivity contribution in [3.05, 3.63) is 47.9 Å². The molecule has 0 radical (unpaired) electrons. The van der Waals surface area contributed by atoms with E-state index in [-0.39, 0.29) is 24.4 Å². The molecule has 12 heteroatoms. The predicted molar refractivity (Wildman–Crippen MR) is 135 cm³/mol. The number of hydrogen-bond acceptors (Lipinski definition) is 5. The highest BCUT2D eigenvalue weighted by molar-refractivity contribution is 5.91. The van der Waals surface area contributed by atoms with Gasteiger partial charge in [-0.1, -0.05) is 6.07 Å². The first-order chi connectivity index (χ1) is 18.6. The Balaban J connectivity index is 1.27. The number of aromatic nitrogens is 3. The van der Waals surface area contributed by atoms with Crippen LogP contribution in [0.25, 0.3) is 11.1 Å². The van der Waals surface area contributed by atoms with E-state index in [2.05, 4.69) is 10.3 Å². The number of carbonyl (C=O) groups excluding carboxylic acids is 2. The maximum atomic E-state index is 13.4. The second kappa shape index (κ2) is 9.56. The van der Waals surface area contributed by atoms with Crippen molar-refractivity contribution >= 4 is 23.0 Å². The monoisotopic (exact) mass is 544 g/mol. The van der Waals surface area contributed by atoms with Gasteiger partial charge in [-0.25, -0.2) is 14.8 Å². The number of fused-ring (bicyclic) bond motifs is 1. The van der Waals surface area contributed by atoms with Crippen molar-refractivity contribution in [2.45, 2.75) is 70.4 Å². The molecular formula is C27H31F3N6O3. The molecule has 3 heterocycles. The van der Waals surface area contributed by atoms with Gasteiger partial charge in [-0.05, 0) is 75.0 Å². The SMILES string of the molecule is CC(C)n1ccnc1C(=O)NC(c1nc2cc(CN3CC(C(F)(F)F)NC3=O)ccc2o1)C(C1CC1)C1CC1. The molecule has 2 aliphatic carbocycles. The second-order valence-electron chi connectivity index (χ2n) is 11.2. The summed E-state index contributed by atoms with van der Waals surface area (Å²) in [5, 5.41) is 5.17. The Kier molecular flexibility index (Phi) is 6.30. The maximum absolute atomic E-state index is 13.4. The van der Waals surface area contributed by atoms with Crippen LogP contribution < -0.4 is 10.6 Å². The third kappa shape index (κ3) is 5.20. The minimum Gasteiger partial charge on any atom is -0.438 e. The lowest BCUT2D eigenvalue weighted by atomic mass is 9.89. The fourth-order valence-corrected chi connectivity index (χ4v) is 5.68. The van der Waals surface area contributed by atoms with Gasteiger partial charge in [0.2, 0.25) is 5.89 Å². The van der Waals surface area contributed by atoms with Crippen molar-refractivity contribution in [1.82, 2.24) is 30.1 Å². The summed E-state index contributed by atoms with van der Waals surface area (Å²) in [4.78, 5) is 35.7. The lowest BCUT2D eigenvalue weighted by molar-refractivity contribution is -0.149. The van der Waals surface area contributed by atoms with Crippen LogP contribution in [0, 0.1) is 17.8 Å². The first-order valence-electron chi connectivity index (χ1n) is 13.4. The number of hydrogen-bond donors (Lipinski definition) is 2. The minimum absolute atomic E-state index is 0.0152. The molecule has 2 aromatic heterocycles. The Labute approximate surface area is 223 Å². The first-order valence-corrected chi connectivity index (χ1v) is 13.4. The molecule has 3 aliphatic rings. The van der Waals surface area contributed by atoms with E-state index in [1.807, 2.05) is 23.7 Å². The number of nitrogens with one attached hydrogen (secondary N) is 2. The molecule has 1 aliphatic heterocycles. The summed E-state index contributed by atoms with van der Waals surface area (Å²) in [6.07, 6.45) is 3.32. The van der Waals surface area contributed by atoms with Crippen LogP contribution in [0.15, 0.2) is 35.0 Å². The van der Waals surface area contributed by atoms with Crippen LogP contribution in [0.3, 0.4) is 0 Å². The van der Waals surface area contributed by atoms with E-state index in [4.69, 9.17) is 9.40 Å². The summed E-state index contributed by atoms with van der Waals surface area (Å²) in [7, 11) is 0. The van der Waals surface area contributed by atoms with Gasteiger partial charge in [0.15, 0.2) is 11.4 Å². The van der Waals surface area contributed by atoms with Crippen molar-refractivity contribution in [1.29, 1.82) is 0 Å². The lowest BCUT2D eigenvalue weighted by Gasteiger charge is -2.26. The van der Waals surface area contributed by atoms with Gasteiger partial charge < -0.3 is 24.5 Å². The van der Waals surface area contributed by atoms with Gasteiger partial charge in [0, 0.05) is 25.0 Å². The van der Waals surface area contributed by atoms with Crippen LogP contribution in [0.5, 0.6) is 0 Å². The molecule has 2 atom stereocenters. The van der Waals surface area contributed by atoms with E-state index in [1.165, 1.54) is 0 Å². The average Bonchev–Trinajstić information content (AvgIpc) is 3.76. The van der Waals surface area contributed by atoms with Gasteiger partial charge in [0.05, 0.1) is 6.54 Å². The van der Waals surface area contributed by atoms with Gasteiger partial charge in [-0.3, -0.25) is 4.79 Å². The summed E-state index contributed by atoms with van der Waals surface area (Å²) in [5.41, 5.74) is 1.68. The summed E-state index contributed by atoms with van der Waals surface area (Å²) in [6.45, 7) is 3.54. The first kappa shape index (κ1) is 25.7. The molecule has 2 unspecified atom stereocenters. The van der Waals surface area contributed by atoms with E-state index in [9.17, 15) is 22.8 Å². The summed E-state index contributed by atoms with van der Waals surface area (Å²) in [5.74, 6) is 1.66. The van der Waals surface area contributed by atoms with E-state index in [1.54, 1.807) is 30.6 Å². The molecule has 2 saturated carbocycles. The maximum Gasteiger partial charge on any atom is 0.410 e. The molecule has 39 heavy (non-hydrogen) atoms. The number of amides is 3. The summed E-state index contributed by atoms with van der Waals surface area (Å²) in [6, 6.07) is 2.16. The van der Waals surface area contributed by atoms with E-state index < -0.39 is 30.8 Å². The number of halogens is 3. The molecule has 3 amide bonds. The van der Waals surface area contributed by atoms with E-state index >= 15 is 0 Å². The number of benzene rings is 1. The Morgan fingerprint density at radius 1 is 1.21 bits per heavy atom. The molecule has 0 bridgehead atoms. The van der Waals surface area contributed by atoms with E-state index in [0.717, 1.165) is 30.6 Å². The number of imidazole rings is 1. The van der Waals surface area contributed by atoms with Crippen LogP contribution in [-0.2, 0) is 6.54 Å². The zero-order valence-electron chi connectivity index (χ0n) is 21.7. The van der Waals surface area contributed by atoms with Crippen molar-refractivity contribution < 1.29 is 27.2 Å². The Hall–Kier alpha value is -3.57. The van der Waals surface area contributed by atoms with Crippen molar-refractivity contribution in [3.63, 3.8) is 0 Å². The molecule has 6 rings (SSSR count). The fraction of sp³-hybridized carbons (Fsp3) is 0.556. The third-order valence-corrected chi connectivity index (χ3v) is 7.92. The van der Waals surface area contributed by atoms with Crippen LogP contribution in [-0.4, -0.2) is 50.1 Å². The number of urea groups is 1. The predicted octanol–water partition coefficient (Wildman–Crippen LogP) is 4.97. The van der Waals surface area contributed by atoms with Gasteiger partial charge in [-0.15, -0.1) is 0 Å². The smallest absolute Gasteiger partial charge is 0.410 e. The van der Waals surface area contributed by atoms with Crippen LogP contribution in [0.4, 0.5) is 18.0 Å². The highest BCUT2D eigenvalue weighted by Gasteiger charge is 2.49. The molecular weight excluding hydrogens is 513 g/mol. The van der Waals surface area contributed by atoms with Gasteiger partial charge in [-0.2, -0.15) is 13.2 Å². The molecule has 1 aromatic carbocycles. The lowest BCUT2D eigenvalue weighted by Crippen LogP contribution is -2.40. The summed E-state index contributed by atoms with van der Waals surface area (Å²) < 4.78 is 47.2. The topological polar surface area (TPSA) is 105 Å². The van der Waals surface area contributed by atoms with Crippen LogP contribution in [0.2, 0.25) is 0 Å². The molecule has 208 valence electrons. The van der Waals surface area contributed by atoms with Gasteiger partial charge in [0.1, 0.15) is 17.6 Å². The van der Waals surface area contributed by atoms with Crippen molar-refractivity contribution in [3.8, 4) is 0 Å². The quantitative estimate of drug-likeness (QED) is 0.396. The molecule has 3 aromatic rings. The normalized spacial score (nSPS) is 20.7. The Morgan fingerprint density at radius 2 is 1.92 bits per heavy atom. The molecule has 3 fully saturated rings. The highest BCUT2D eigenvalue weighted by atomic mass is 19.4. The largest absolute Gasteiger partial charge is 0.438 e. The number of alkyl halides is 3.